The molecule has 0 aromatic carbocycles. The Labute approximate surface area is 92.2 Å². The first kappa shape index (κ1) is 11.8. The highest BCUT2D eigenvalue weighted by molar-refractivity contribution is 5.19. The third kappa shape index (κ3) is 4.63. The second kappa shape index (κ2) is 6.23. The molecular formula is C13H20N2. The van der Waals surface area contributed by atoms with Crippen LogP contribution in [0.3, 0.4) is 0 Å². The molecular weight excluding hydrogens is 184 g/mol. The van der Waals surface area contributed by atoms with Crippen LogP contribution in [0.1, 0.15) is 37.4 Å². The number of hydrogen-bond acceptors (Lipinski definition) is 2. The summed E-state index contributed by atoms with van der Waals surface area (Å²) in [5, 5.41) is 0. The molecule has 0 fully saturated rings. The molecule has 0 aliphatic rings. The average molecular weight is 204 g/mol. The predicted octanol–water partition coefficient (Wildman–Crippen LogP) is 2.83. The first-order valence-corrected chi connectivity index (χ1v) is 5.59. The van der Waals surface area contributed by atoms with Crippen molar-refractivity contribution in [1.82, 2.24) is 4.98 Å². The first-order valence-electron chi connectivity index (χ1n) is 5.59. The Kier molecular flexibility index (Phi) is 4.88. The normalized spacial score (nSPS) is 10.2. The van der Waals surface area contributed by atoms with Crippen LogP contribution in [-0.2, 0) is 12.8 Å². The highest BCUT2D eigenvalue weighted by Crippen LogP contribution is 2.08. The summed E-state index contributed by atoms with van der Waals surface area (Å²) in [6.45, 7) is 5.91. The summed E-state index contributed by atoms with van der Waals surface area (Å²) in [6, 6.07) is 4.21. The molecule has 0 aliphatic carbocycles. The van der Waals surface area contributed by atoms with Crippen LogP contribution in [0.25, 0.3) is 0 Å². The van der Waals surface area contributed by atoms with Crippen LogP contribution >= 0.6 is 0 Å². The van der Waals surface area contributed by atoms with Gasteiger partial charge in [0.1, 0.15) is 0 Å². The van der Waals surface area contributed by atoms with Gasteiger partial charge in [0.2, 0.25) is 0 Å². The molecule has 2 nitrogen and oxygen atoms in total. The van der Waals surface area contributed by atoms with E-state index in [0.717, 1.165) is 12.1 Å². The van der Waals surface area contributed by atoms with E-state index in [-0.39, 0.29) is 0 Å². The van der Waals surface area contributed by atoms with Gasteiger partial charge in [0.05, 0.1) is 0 Å². The highest BCUT2D eigenvalue weighted by atomic mass is 14.7. The minimum absolute atomic E-state index is 0.674. The summed E-state index contributed by atoms with van der Waals surface area (Å²) in [6.07, 6.45) is 7.49. The summed E-state index contributed by atoms with van der Waals surface area (Å²) in [5.41, 5.74) is 8.62. The maximum absolute atomic E-state index is 5.56. The Hall–Kier alpha value is -1.31. The van der Waals surface area contributed by atoms with Gasteiger partial charge in [-0.15, -0.1) is 0 Å². The van der Waals surface area contributed by atoms with Gasteiger partial charge in [-0.05, 0) is 30.5 Å². The zero-order valence-corrected chi connectivity index (χ0v) is 9.50. The molecule has 0 radical (unpaired) electrons. The maximum atomic E-state index is 5.56. The smallest absolute Gasteiger partial charge is 0.0464 e. The molecule has 0 saturated carbocycles. The fraction of sp³-hybridized carbons (Fsp3) is 0.462. The fourth-order valence-electron chi connectivity index (χ4n) is 1.59. The van der Waals surface area contributed by atoms with E-state index >= 15 is 0 Å². The monoisotopic (exact) mass is 204 g/mol. The predicted molar refractivity (Wildman–Crippen MR) is 64.5 cm³/mol. The van der Waals surface area contributed by atoms with Gasteiger partial charge in [0, 0.05) is 24.0 Å². The van der Waals surface area contributed by atoms with Gasteiger partial charge in [-0.1, -0.05) is 26.3 Å². The van der Waals surface area contributed by atoms with E-state index in [2.05, 4.69) is 30.6 Å². The Balaban J connectivity index is 2.53. The van der Waals surface area contributed by atoms with Crippen LogP contribution in [0.5, 0.6) is 0 Å². The van der Waals surface area contributed by atoms with E-state index in [1.54, 1.807) is 0 Å². The number of pyridine rings is 1. The maximum Gasteiger partial charge on any atom is 0.0464 e. The van der Waals surface area contributed by atoms with Crippen LogP contribution in [0.4, 0.5) is 0 Å². The van der Waals surface area contributed by atoms with Crippen molar-refractivity contribution in [3.63, 3.8) is 0 Å². The molecule has 0 spiro atoms. The Morgan fingerprint density at radius 1 is 1.47 bits per heavy atom. The average Bonchev–Trinajstić information content (AvgIpc) is 2.18. The molecule has 0 unspecified atom stereocenters. The molecule has 0 saturated heterocycles. The molecule has 0 bridgehead atoms. The number of nitrogens with zero attached hydrogens (tertiary/aromatic N) is 1. The molecule has 15 heavy (non-hydrogen) atoms. The summed E-state index contributed by atoms with van der Waals surface area (Å²) >= 11 is 0. The van der Waals surface area contributed by atoms with Crippen molar-refractivity contribution >= 4 is 0 Å². The summed E-state index contributed by atoms with van der Waals surface area (Å²) in [4.78, 5) is 4.27. The first-order chi connectivity index (χ1) is 7.22. The van der Waals surface area contributed by atoms with Crippen molar-refractivity contribution < 1.29 is 0 Å². The Morgan fingerprint density at radius 2 is 2.27 bits per heavy atom. The summed E-state index contributed by atoms with van der Waals surface area (Å²) in [5.74, 6) is 0. The second-order valence-corrected chi connectivity index (χ2v) is 3.95. The SMILES string of the molecule is C=C(N)Cc1cc(CCCCC)ccn1. The number of unbranched alkanes of at least 4 members (excludes halogenated alkanes) is 2. The fourth-order valence-corrected chi connectivity index (χ4v) is 1.59. The number of aromatic nitrogens is 1. The lowest BCUT2D eigenvalue weighted by Gasteiger charge is -2.04. The third-order valence-corrected chi connectivity index (χ3v) is 2.36. The third-order valence-electron chi connectivity index (χ3n) is 2.36. The molecule has 1 rings (SSSR count). The number of hydrogen-bond donors (Lipinski definition) is 1. The Morgan fingerprint density at radius 3 is 2.93 bits per heavy atom. The van der Waals surface area contributed by atoms with Crippen molar-refractivity contribution in [1.29, 1.82) is 0 Å². The number of aryl methyl sites for hydroxylation is 1. The van der Waals surface area contributed by atoms with Crippen LogP contribution in [-0.4, -0.2) is 4.98 Å². The molecule has 2 heteroatoms. The van der Waals surface area contributed by atoms with E-state index in [1.807, 2.05) is 6.20 Å². The minimum atomic E-state index is 0.674. The lowest BCUT2D eigenvalue weighted by molar-refractivity contribution is 0.716. The van der Waals surface area contributed by atoms with Crippen LogP contribution in [0.2, 0.25) is 0 Å². The number of rotatable bonds is 6. The summed E-state index contributed by atoms with van der Waals surface area (Å²) in [7, 11) is 0. The molecule has 0 aliphatic heterocycles. The van der Waals surface area contributed by atoms with E-state index in [1.165, 1.54) is 24.8 Å². The van der Waals surface area contributed by atoms with Crippen molar-refractivity contribution in [2.45, 2.75) is 39.0 Å². The molecule has 82 valence electrons. The topological polar surface area (TPSA) is 38.9 Å². The quantitative estimate of drug-likeness (QED) is 0.724. The lowest BCUT2D eigenvalue weighted by atomic mass is 10.1. The van der Waals surface area contributed by atoms with E-state index in [4.69, 9.17) is 5.73 Å². The van der Waals surface area contributed by atoms with Gasteiger partial charge < -0.3 is 5.73 Å². The van der Waals surface area contributed by atoms with Crippen molar-refractivity contribution in [2.24, 2.45) is 5.73 Å². The number of allylic oxidation sites excluding steroid dienone is 1. The van der Waals surface area contributed by atoms with Gasteiger partial charge in [0.25, 0.3) is 0 Å². The van der Waals surface area contributed by atoms with E-state index in [9.17, 15) is 0 Å². The summed E-state index contributed by atoms with van der Waals surface area (Å²) < 4.78 is 0. The molecule has 0 amide bonds. The molecule has 1 aromatic rings. The molecule has 2 N–H and O–H groups in total. The zero-order valence-electron chi connectivity index (χ0n) is 9.50. The van der Waals surface area contributed by atoms with E-state index in [0.29, 0.717) is 12.1 Å². The van der Waals surface area contributed by atoms with Gasteiger partial charge in [-0.2, -0.15) is 0 Å². The van der Waals surface area contributed by atoms with Crippen molar-refractivity contribution in [2.75, 3.05) is 0 Å². The number of nitrogens with two attached hydrogens (primary N) is 1. The largest absolute Gasteiger partial charge is 0.402 e. The van der Waals surface area contributed by atoms with Crippen LogP contribution < -0.4 is 5.73 Å². The van der Waals surface area contributed by atoms with Gasteiger partial charge >= 0.3 is 0 Å². The van der Waals surface area contributed by atoms with Crippen LogP contribution in [0.15, 0.2) is 30.6 Å². The molecule has 1 heterocycles. The lowest BCUT2D eigenvalue weighted by Crippen LogP contribution is -2.01. The zero-order chi connectivity index (χ0) is 11.1. The Bertz CT molecular complexity index is 318. The second-order valence-electron chi connectivity index (χ2n) is 3.95. The molecule has 1 aromatic heterocycles. The van der Waals surface area contributed by atoms with Gasteiger partial charge in [0.15, 0.2) is 0 Å². The molecule has 0 atom stereocenters. The minimum Gasteiger partial charge on any atom is -0.402 e. The standard InChI is InChI=1S/C13H20N2/c1-3-4-5-6-12-7-8-15-13(10-12)9-11(2)14/h7-8,10H,2-6,9,14H2,1H3. The van der Waals surface area contributed by atoms with Crippen LogP contribution in [0, 0.1) is 0 Å². The van der Waals surface area contributed by atoms with Gasteiger partial charge in [-0.25, -0.2) is 0 Å². The van der Waals surface area contributed by atoms with Gasteiger partial charge in [-0.3, -0.25) is 4.98 Å². The van der Waals surface area contributed by atoms with E-state index < -0.39 is 0 Å². The van der Waals surface area contributed by atoms with Crippen molar-refractivity contribution in [3.05, 3.63) is 41.9 Å². The van der Waals surface area contributed by atoms with Crippen molar-refractivity contribution in [3.8, 4) is 0 Å². The highest BCUT2D eigenvalue weighted by Gasteiger charge is 1.98.